The van der Waals surface area contributed by atoms with E-state index in [1.54, 1.807) is 6.20 Å². The molecule has 0 amide bonds. The van der Waals surface area contributed by atoms with Gasteiger partial charge in [0.05, 0.1) is 62.2 Å². The van der Waals surface area contributed by atoms with Gasteiger partial charge in [0.15, 0.2) is 0 Å². The Bertz CT molecular complexity index is 4610. The number of ether oxygens (including phenoxy) is 1. The Hall–Kier alpha value is -9.36. The van der Waals surface area contributed by atoms with Crippen LogP contribution in [-0.2, 0) is 21.1 Å². The molecule has 0 unspecified atom stereocenters. The number of hydrogen-bond acceptors (Lipinski definition) is 3. The van der Waals surface area contributed by atoms with E-state index in [4.69, 9.17) is 14.7 Å². The van der Waals surface area contributed by atoms with E-state index in [-0.39, 0.29) is 21.1 Å². The van der Waals surface area contributed by atoms with Gasteiger partial charge in [-0.2, -0.15) is 18.2 Å². The Balaban J connectivity index is 0.00000505. The number of hydrogen-bond donors (Lipinski definition) is 0. The number of rotatable bonds is 8. The van der Waals surface area contributed by atoms with E-state index in [9.17, 15) is 0 Å². The Morgan fingerprint density at radius 3 is 1.76 bits per heavy atom. The van der Waals surface area contributed by atoms with Crippen LogP contribution in [0.1, 0.15) is 0 Å². The zero-order chi connectivity index (χ0) is 48.0. The summed E-state index contributed by atoms with van der Waals surface area (Å²) < 4.78 is 17.6. The molecule has 6 heterocycles. The van der Waals surface area contributed by atoms with Crippen molar-refractivity contribution in [1.29, 1.82) is 0 Å². The maximum atomic E-state index is 6.64. The Kier molecular flexibility index (Phi) is 10.2. The van der Waals surface area contributed by atoms with Crippen LogP contribution in [0.3, 0.4) is 0 Å². The van der Waals surface area contributed by atoms with Crippen molar-refractivity contribution in [1.82, 2.24) is 28.2 Å². The summed E-state index contributed by atoms with van der Waals surface area (Å²) in [5, 5.41) is 6.95. The van der Waals surface area contributed by atoms with E-state index in [1.165, 1.54) is 21.5 Å². The predicted octanol–water partition coefficient (Wildman–Crippen LogP) is 14.8. The molecule has 0 saturated carbocycles. The van der Waals surface area contributed by atoms with Crippen molar-refractivity contribution >= 4 is 76.5 Å². The molecule has 0 aliphatic carbocycles. The van der Waals surface area contributed by atoms with E-state index in [0.717, 1.165) is 88.9 Å². The summed E-state index contributed by atoms with van der Waals surface area (Å²) in [5.41, 5.74) is 13.6. The van der Waals surface area contributed by atoms with Crippen molar-refractivity contribution in [2.45, 2.75) is 0 Å². The zero-order valence-corrected chi connectivity index (χ0v) is 41.6. The fraction of sp³-hybridized carbons (Fsp3) is 0. The minimum atomic E-state index is 0. The molecule has 9 aromatic carbocycles. The number of fused-ring (bicyclic) bond motifs is 10. The van der Waals surface area contributed by atoms with Gasteiger partial charge in [0, 0.05) is 53.9 Å². The van der Waals surface area contributed by atoms with Crippen LogP contribution in [-0.4, -0.2) is 28.2 Å². The van der Waals surface area contributed by atoms with Gasteiger partial charge >= 0.3 is 0 Å². The molecule has 15 aromatic rings. The van der Waals surface area contributed by atoms with Gasteiger partial charge in [0.25, 0.3) is 6.33 Å². The first-order chi connectivity index (χ1) is 36.2. The third-order valence-corrected chi connectivity index (χ3v) is 14.2. The second-order valence-electron chi connectivity index (χ2n) is 18.2. The fourth-order valence-electron chi connectivity index (χ4n) is 11.0. The molecule has 9 heteroatoms. The second-order valence-corrected chi connectivity index (χ2v) is 18.2. The standard InChI is InChI=1S/C65H39N7O.Pt/c1-2-17-43(18-3-1)47-19-4-9-25-54(47)68-42-69(60-31-15-14-30-59(60)68)64-40-46(37-38-66-64)73-45-34-35-52-50-22-7-13-29-58(50)72(62(52)39-45)63-36-33-44(41-67-63)70-55-26-10-8-23-51(55)53-24-16-32-61(65(53)70)71-56-27-11-5-20-48(56)49-21-6-12-28-57(49)71;/h1-38,41H;/q-2;. The van der Waals surface area contributed by atoms with E-state index in [2.05, 4.69) is 231 Å². The average Bonchev–Trinajstić information content (AvgIpc) is 4.20. The Morgan fingerprint density at radius 2 is 1.03 bits per heavy atom. The molecular formula is C65H39N7OPt-2. The van der Waals surface area contributed by atoms with Crippen molar-refractivity contribution in [3.63, 3.8) is 0 Å². The van der Waals surface area contributed by atoms with Crippen molar-refractivity contribution in [3.05, 3.63) is 255 Å². The third-order valence-electron chi connectivity index (χ3n) is 14.2. The normalized spacial score (nSPS) is 11.7. The number of nitrogens with zero attached hydrogens (tertiary/aromatic N) is 7. The van der Waals surface area contributed by atoms with Crippen LogP contribution in [0.15, 0.2) is 237 Å². The van der Waals surface area contributed by atoms with Crippen LogP contribution >= 0.6 is 0 Å². The van der Waals surface area contributed by atoms with Gasteiger partial charge < -0.3 is 18.4 Å². The number of pyridine rings is 2. The van der Waals surface area contributed by atoms with Gasteiger partial charge in [-0.05, 0) is 70.8 Å². The Morgan fingerprint density at radius 1 is 0.432 bits per heavy atom. The van der Waals surface area contributed by atoms with Crippen molar-refractivity contribution in [2.24, 2.45) is 0 Å². The largest absolute Gasteiger partial charge is 0.522 e. The molecule has 0 fully saturated rings. The average molecular weight is 1130 g/mol. The Labute approximate surface area is 439 Å². The van der Waals surface area contributed by atoms with Crippen LogP contribution in [0.5, 0.6) is 11.5 Å². The maximum absolute atomic E-state index is 6.64. The molecule has 6 aromatic heterocycles. The molecule has 0 spiro atoms. The number of benzene rings is 9. The number of aromatic nitrogens is 7. The first-order valence-electron chi connectivity index (χ1n) is 24.3. The summed E-state index contributed by atoms with van der Waals surface area (Å²) >= 11 is 0. The summed E-state index contributed by atoms with van der Waals surface area (Å²) in [5.74, 6) is 2.36. The van der Waals surface area contributed by atoms with E-state index >= 15 is 0 Å². The monoisotopic (exact) mass is 1130 g/mol. The molecule has 352 valence electrons. The molecular weight excluding hydrogens is 1090 g/mol. The van der Waals surface area contributed by atoms with Crippen molar-refractivity contribution in [2.75, 3.05) is 0 Å². The molecule has 0 N–H and O–H groups in total. The van der Waals surface area contributed by atoms with Gasteiger partial charge in [-0.25, -0.2) is 4.98 Å². The van der Waals surface area contributed by atoms with Crippen LogP contribution in [0, 0.1) is 18.5 Å². The minimum Gasteiger partial charge on any atom is -0.522 e. The zero-order valence-electron chi connectivity index (χ0n) is 39.4. The van der Waals surface area contributed by atoms with Gasteiger partial charge in [-0.3, -0.25) is 14.1 Å². The summed E-state index contributed by atoms with van der Waals surface area (Å²) in [7, 11) is 0. The first kappa shape index (κ1) is 43.4. The summed E-state index contributed by atoms with van der Waals surface area (Å²) in [6, 6.07) is 85.4. The van der Waals surface area contributed by atoms with Crippen LogP contribution in [0.2, 0.25) is 0 Å². The smallest absolute Gasteiger partial charge is 0.269 e. The van der Waals surface area contributed by atoms with E-state index in [1.807, 2.05) is 41.1 Å². The molecule has 0 aliphatic rings. The molecule has 0 radical (unpaired) electrons. The van der Waals surface area contributed by atoms with Crippen molar-refractivity contribution in [3.8, 4) is 51.3 Å². The fourth-order valence-corrected chi connectivity index (χ4v) is 11.0. The van der Waals surface area contributed by atoms with Gasteiger partial charge in [-0.15, -0.1) is 17.5 Å². The molecule has 0 saturated heterocycles. The molecule has 0 aliphatic heterocycles. The van der Waals surface area contributed by atoms with E-state index in [0.29, 0.717) is 17.3 Å². The molecule has 0 bridgehead atoms. The third kappa shape index (κ3) is 6.76. The number of para-hydroxylation sites is 8. The van der Waals surface area contributed by atoms with Gasteiger partial charge in [0.1, 0.15) is 5.82 Å². The minimum absolute atomic E-state index is 0. The van der Waals surface area contributed by atoms with Crippen molar-refractivity contribution < 1.29 is 30.4 Å². The molecule has 8 nitrogen and oxygen atoms in total. The first-order valence-corrected chi connectivity index (χ1v) is 24.3. The number of imidazole rings is 1. The predicted molar refractivity (Wildman–Crippen MR) is 292 cm³/mol. The topological polar surface area (TPSA) is 58.6 Å². The maximum Gasteiger partial charge on any atom is 0.269 e. The van der Waals surface area contributed by atoms with Crippen LogP contribution in [0.4, 0.5) is 0 Å². The molecule has 74 heavy (non-hydrogen) atoms. The van der Waals surface area contributed by atoms with Crippen LogP contribution in [0.25, 0.3) is 116 Å². The van der Waals surface area contributed by atoms with Gasteiger partial charge in [-0.1, -0.05) is 169 Å². The molecule has 15 rings (SSSR count). The molecule has 0 atom stereocenters. The summed E-state index contributed by atoms with van der Waals surface area (Å²) in [4.78, 5) is 10.0. The van der Waals surface area contributed by atoms with Crippen LogP contribution < -0.4 is 9.30 Å². The summed E-state index contributed by atoms with van der Waals surface area (Å²) in [6.45, 7) is 0. The summed E-state index contributed by atoms with van der Waals surface area (Å²) in [6.07, 6.45) is 7.34. The van der Waals surface area contributed by atoms with E-state index < -0.39 is 0 Å². The van der Waals surface area contributed by atoms with Gasteiger partial charge in [0.2, 0.25) is 0 Å². The SMILES string of the molecule is [Pt].[c-]1c(Oc2[c-]c3c(cc2)c2ccccc2n3-c2ccc(-n3c4ccccc4c4cccc(-n5c6ccccc6c6ccccc65)c43)cn2)ccnc1-n1[c-][n+](-c2ccccc2-c2ccccc2)c2ccccc21. The quantitative estimate of drug-likeness (QED) is 0.113. The second kappa shape index (κ2) is 17.4.